The molecule has 0 amide bonds. The number of alkyl halides is 2. The first-order valence-electron chi connectivity index (χ1n) is 6.41. The maximum Gasteiger partial charge on any atom is 0.341 e. The molecule has 4 nitrogen and oxygen atoms in total. The van der Waals surface area contributed by atoms with Crippen LogP contribution < -0.4 is 4.90 Å². The summed E-state index contributed by atoms with van der Waals surface area (Å²) in [6.07, 6.45) is 1.91. The van der Waals surface area contributed by atoms with E-state index >= 15 is 0 Å². The molecule has 0 heterocycles. The molecule has 1 aromatic rings. The third-order valence-electron chi connectivity index (χ3n) is 2.92. The largest absolute Gasteiger partial charge is 0.395 e. The van der Waals surface area contributed by atoms with Gasteiger partial charge in [0.05, 0.1) is 11.5 Å². The van der Waals surface area contributed by atoms with Crippen molar-refractivity contribution in [3.8, 4) is 0 Å². The Morgan fingerprint density at radius 1 is 1.20 bits per heavy atom. The molecule has 20 heavy (non-hydrogen) atoms. The van der Waals surface area contributed by atoms with Gasteiger partial charge >= 0.3 is 5.76 Å². The third-order valence-corrected chi connectivity index (χ3v) is 4.31. The zero-order valence-electron chi connectivity index (χ0n) is 11.3. The lowest BCUT2D eigenvalue weighted by Crippen LogP contribution is -2.27. The van der Waals surface area contributed by atoms with Gasteiger partial charge in [0.1, 0.15) is 0 Å². The molecule has 0 saturated heterocycles. The van der Waals surface area contributed by atoms with E-state index < -0.39 is 20.5 Å². The predicted molar refractivity (Wildman–Crippen MR) is 73.8 cm³/mol. The lowest BCUT2D eigenvalue weighted by molar-refractivity contribution is 0.234. The Morgan fingerprint density at radius 3 is 2.25 bits per heavy atom. The van der Waals surface area contributed by atoms with E-state index in [4.69, 9.17) is 5.11 Å². The lowest BCUT2D eigenvalue weighted by atomic mass is 10.2. The molecule has 0 fully saturated rings. The van der Waals surface area contributed by atoms with Crippen LogP contribution in [-0.2, 0) is 9.84 Å². The van der Waals surface area contributed by atoms with Gasteiger partial charge in [0.25, 0.3) is 0 Å². The molecule has 1 aromatic carbocycles. The normalized spacial score (nSPS) is 11.8. The molecule has 1 N–H and O–H groups in total. The Morgan fingerprint density at radius 2 is 1.80 bits per heavy atom. The van der Waals surface area contributed by atoms with Crippen LogP contribution in [0.4, 0.5) is 14.5 Å². The van der Waals surface area contributed by atoms with Gasteiger partial charge in [-0.25, -0.2) is 8.42 Å². The minimum atomic E-state index is -4.55. The molecule has 0 radical (unpaired) electrons. The van der Waals surface area contributed by atoms with Crippen LogP contribution >= 0.6 is 0 Å². The SMILES string of the molecule is CCCCN(CCO)c1ccc(S(=O)(=O)C(F)F)cc1. The third kappa shape index (κ3) is 4.14. The summed E-state index contributed by atoms with van der Waals surface area (Å²) in [6, 6.07) is 5.32. The maximum absolute atomic E-state index is 12.4. The van der Waals surface area contributed by atoms with Crippen LogP contribution in [0.2, 0.25) is 0 Å². The molecule has 0 aliphatic heterocycles. The summed E-state index contributed by atoms with van der Waals surface area (Å²) in [5.74, 6) is -3.41. The second kappa shape index (κ2) is 7.54. The fourth-order valence-corrected chi connectivity index (χ4v) is 2.51. The molecule has 0 spiro atoms. The van der Waals surface area contributed by atoms with Crippen LogP contribution in [0, 0.1) is 0 Å². The van der Waals surface area contributed by atoms with Crippen LogP contribution in [0.25, 0.3) is 0 Å². The molecular weight excluding hydrogens is 288 g/mol. The smallest absolute Gasteiger partial charge is 0.341 e. The summed E-state index contributed by atoms with van der Waals surface area (Å²) < 4.78 is 47.4. The first kappa shape index (κ1) is 16.8. The van der Waals surface area contributed by atoms with Gasteiger partial charge in [-0.05, 0) is 30.7 Å². The zero-order valence-corrected chi connectivity index (χ0v) is 12.1. The molecule has 0 aliphatic carbocycles. The van der Waals surface area contributed by atoms with Gasteiger partial charge < -0.3 is 10.0 Å². The maximum atomic E-state index is 12.4. The van der Waals surface area contributed by atoms with Crippen molar-refractivity contribution in [1.29, 1.82) is 0 Å². The van der Waals surface area contributed by atoms with E-state index in [1.54, 1.807) is 0 Å². The second-order valence-electron chi connectivity index (χ2n) is 4.36. The van der Waals surface area contributed by atoms with E-state index in [1.165, 1.54) is 24.3 Å². The molecule has 114 valence electrons. The van der Waals surface area contributed by atoms with Crippen molar-refractivity contribution in [2.24, 2.45) is 0 Å². The Kier molecular flexibility index (Phi) is 6.35. The zero-order chi connectivity index (χ0) is 15.2. The summed E-state index contributed by atoms with van der Waals surface area (Å²) >= 11 is 0. The predicted octanol–water partition coefficient (Wildman–Crippen LogP) is 2.28. The highest BCUT2D eigenvalue weighted by Gasteiger charge is 2.26. The monoisotopic (exact) mass is 307 g/mol. The molecule has 1 rings (SSSR count). The minimum Gasteiger partial charge on any atom is -0.395 e. The van der Waals surface area contributed by atoms with Gasteiger partial charge in [0, 0.05) is 18.8 Å². The van der Waals surface area contributed by atoms with Crippen molar-refractivity contribution in [1.82, 2.24) is 0 Å². The van der Waals surface area contributed by atoms with Crippen LogP contribution in [0.15, 0.2) is 29.2 Å². The second-order valence-corrected chi connectivity index (χ2v) is 6.28. The standard InChI is InChI=1S/C13H19F2NO3S/c1-2-3-8-16(9-10-17)11-4-6-12(7-5-11)20(18,19)13(14)15/h4-7,13,17H,2-3,8-10H2,1H3. The number of hydrogen-bond acceptors (Lipinski definition) is 4. The first-order chi connectivity index (χ1) is 9.43. The number of rotatable bonds is 8. The van der Waals surface area contributed by atoms with Crippen LogP contribution in [0.5, 0.6) is 0 Å². The van der Waals surface area contributed by atoms with Gasteiger partial charge in [-0.15, -0.1) is 0 Å². The Balaban J connectivity index is 2.93. The molecule has 0 saturated carbocycles. The Hall–Kier alpha value is -1.21. The van der Waals surface area contributed by atoms with E-state index in [1.807, 2.05) is 11.8 Å². The van der Waals surface area contributed by atoms with Crippen molar-refractivity contribution in [2.45, 2.75) is 30.4 Å². The Labute approximate surface area is 117 Å². The summed E-state index contributed by atoms with van der Waals surface area (Å²) in [4.78, 5) is 1.50. The summed E-state index contributed by atoms with van der Waals surface area (Å²) in [5.41, 5.74) is 0.709. The molecule has 0 unspecified atom stereocenters. The van der Waals surface area contributed by atoms with Crippen molar-refractivity contribution in [3.05, 3.63) is 24.3 Å². The number of benzene rings is 1. The molecule has 0 bridgehead atoms. The van der Waals surface area contributed by atoms with Crippen molar-refractivity contribution < 1.29 is 22.3 Å². The summed E-state index contributed by atoms with van der Waals surface area (Å²) in [7, 11) is -4.55. The number of sulfone groups is 1. The van der Waals surface area contributed by atoms with E-state index in [-0.39, 0.29) is 6.61 Å². The molecule has 7 heteroatoms. The minimum absolute atomic E-state index is 0.0270. The summed E-state index contributed by atoms with van der Waals surface area (Å²) in [6.45, 7) is 3.15. The number of halogens is 2. The fourth-order valence-electron chi connectivity index (χ4n) is 1.79. The highest BCUT2D eigenvalue weighted by Crippen LogP contribution is 2.22. The van der Waals surface area contributed by atoms with Gasteiger partial charge in [-0.3, -0.25) is 0 Å². The number of anilines is 1. The fraction of sp³-hybridized carbons (Fsp3) is 0.538. The quantitative estimate of drug-likeness (QED) is 0.800. The van der Waals surface area contributed by atoms with E-state index in [0.717, 1.165) is 19.4 Å². The first-order valence-corrected chi connectivity index (χ1v) is 7.96. The number of aliphatic hydroxyl groups is 1. The summed E-state index contributed by atoms with van der Waals surface area (Å²) in [5, 5.41) is 9.02. The average Bonchev–Trinajstić information content (AvgIpc) is 2.43. The topological polar surface area (TPSA) is 57.6 Å². The number of aliphatic hydroxyl groups excluding tert-OH is 1. The van der Waals surface area contributed by atoms with Gasteiger partial charge in [0.15, 0.2) is 0 Å². The van der Waals surface area contributed by atoms with Crippen LogP contribution in [0.3, 0.4) is 0 Å². The lowest BCUT2D eigenvalue weighted by Gasteiger charge is -2.24. The number of unbranched alkanes of at least 4 members (excludes halogenated alkanes) is 1. The number of nitrogens with zero attached hydrogens (tertiary/aromatic N) is 1. The Bertz CT molecular complexity index is 503. The van der Waals surface area contributed by atoms with E-state index in [9.17, 15) is 17.2 Å². The van der Waals surface area contributed by atoms with Crippen molar-refractivity contribution in [3.63, 3.8) is 0 Å². The van der Waals surface area contributed by atoms with Crippen LogP contribution in [-0.4, -0.2) is 39.0 Å². The highest BCUT2D eigenvalue weighted by molar-refractivity contribution is 7.91. The van der Waals surface area contributed by atoms with Crippen LogP contribution in [0.1, 0.15) is 19.8 Å². The van der Waals surface area contributed by atoms with Gasteiger partial charge in [-0.1, -0.05) is 13.3 Å². The average molecular weight is 307 g/mol. The van der Waals surface area contributed by atoms with Gasteiger partial charge in [-0.2, -0.15) is 8.78 Å². The molecule has 0 aromatic heterocycles. The van der Waals surface area contributed by atoms with E-state index in [2.05, 4.69) is 0 Å². The van der Waals surface area contributed by atoms with Gasteiger partial charge in [0.2, 0.25) is 9.84 Å². The van der Waals surface area contributed by atoms with Crippen molar-refractivity contribution in [2.75, 3.05) is 24.6 Å². The molecule has 0 atom stereocenters. The van der Waals surface area contributed by atoms with Crippen molar-refractivity contribution >= 4 is 15.5 Å². The number of hydrogen-bond donors (Lipinski definition) is 1. The van der Waals surface area contributed by atoms with E-state index in [0.29, 0.717) is 12.2 Å². The molecular formula is C13H19F2NO3S. The molecule has 0 aliphatic rings. The highest BCUT2D eigenvalue weighted by atomic mass is 32.2.